The molecule has 0 fully saturated rings. The Hall–Kier alpha value is -1.84. The van der Waals surface area contributed by atoms with Crippen LogP contribution >= 0.6 is 0 Å². The highest BCUT2D eigenvalue weighted by atomic mass is 19.1. The van der Waals surface area contributed by atoms with Crippen molar-refractivity contribution in [3.63, 3.8) is 0 Å². The molecule has 0 amide bonds. The maximum Gasteiger partial charge on any atom is 0.123 e. The topological polar surface area (TPSA) is 43.8 Å². The quantitative estimate of drug-likeness (QED) is 0.759. The molecule has 0 spiro atoms. The van der Waals surface area contributed by atoms with Gasteiger partial charge in [-0.3, -0.25) is 4.68 Å². The SMILES string of the molecule is Cn1nccc1Cc1cc(F)ccc1N. The Morgan fingerprint density at radius 3 is 2.87 bits per heavy atom. The molecule has 4 heteroatoms. The van der Waals surface area contributed by atoms with Gasteiger partial charge in [0.25, 0.3) is 0 Å². The van der Waals surface area contributed by atoms with Gasteiger partial charge >= 0.3 is 0 Å². The van der Waals surface area contributed by atoms with Gasteiger partial charge in [0.2, 0.25) is 0 Å². The monoisotopic (exact) mass is 205 g/mol. The molecule has 78 valence electrons. The van der Waals surface area contributed by atoms with E-state index in [-0.39, 0.29) is 5.82 Å². The van der Waals surface area contributed by atoms with Crippen LogP contribution in [0.2, 0.25) is 0 Å². The second-order valence-corrected chi connectivity index (χ2v) is 3.47. The lowest BCUT2D eigenvalue weighted by Crippen LogP contribution is -2.02. The lowest BCUT2D eigenvalue weighted by atomic mass is 10.1. The Kier molecular flexibility index (Phi) is 2.41. The summed E-state index contributed by atoms with van der Waals surface area (Å²) in [5, 5.41) is 4.05. The van der Waals surface area contributed by atoms with Gasteiger partial charge in [-0.05, 0) is 29.8 Å². The third-order valence-electron chi connectivity index (χ3n) is 2.40. The normalized spacial score (nSPS) is 10.5. The first kappa shape index (κ1) is 9.71. The van der Waals surface area contributed by atoms with Crippen molar-refractivity contribution in [2.45, 2.75) is 6.42 Å². The van der Waals surface area contributed by atoms with Crippen molar-refractivity contribution in [1.29, 1.82) is 0 Å². The lowest BCUT2D eigenvalue weighted by molar-refractivity contribution is 0.625. The number of nitrogens with zero attached hydrogens (tertiary/aromatic N) is 2. The number of anilines is 1. The minimum absolute atomic E-state index is 0.263. The van der Waals surface area contributed by atoms with E-state index in [1.165, 1.54) is 12.1 Å². The highest BCUT2D eigenvalue weighted by Gasteiger charge is 2.05. The third kappa shape index (κ3) is 1.98. The summed E-state index contributed by atoms with van der Waals surface area (Å²) in [5.74, 6) is -0.263. The van der Waals surface area contributed by atoms with E-state index in [0.29, 0.717) is 12.1 Å². The first-order chi connectivity index (χ1) is 7.16. The van der Waals surface area contributed by atoms with Crippen molar-refractivity contribution in [1.82, 2.24) is 9.78 Å². The summed E-state index contributed by atoms with van der Waals surface area (Å²) in [6.07, 6.45) is 2.31. The van der Waals surface area contributed by atoms with Crippen molar-refractivity contribution in [2.24, 2.45) is 7.05 Å². The predicted molar refractivity (Wildman–Crippen MR) is 56.8 cm³/mol. The number of aryl methyl sites for hydroxylation is 1. The minimum Gasteiger partial charge on any atom is -0.398 e. The molecule has 1 aromatic heterocycles. The van der Waals surface area contributed by atoms with Crippen LogP contribution in [0.3, 0.4) is 0 Å². The number of benzene rings is 1. The molecule has 0 bridgehead atoms. The van der Waals surface area contributed by atoms with E-state index in [9.17, 15) is 4.39 Å². The molecular formula is C11H12FN3. The van der Waals surface area contributed by atoms with Crippen LogP contribution in [0.5, 0.6) is 0 Å². The molecule has 3 nitrogen and oxygen atoms in total. The number of halogens is 1. The Labute approximate surface area is 87.3 Å². The maximum absolute atomic E-state index is 13.0. The van der Waals surface area contributed by atoms with Gasteiger partial charge in [-0.15, -0.1) is 0 Å². The van der Waals surface area contributed by atoms with Gasteiger partial charge in [0.05, 0.1) is 0 Å². The molecule has 15 heavy (non-hydrogen) atoms. The van der Waals surface area contributed by atoms with Gasteiger partial charge in [-0.1, -0.05) is 0 Å². The van der Waals surface area contributed by atoms with Crippen LogP contribution in [0.25, 0.3) is 0 Å². The number of aromatic nitrogens is 2. The Morgan fingerprint density at radius 2 is 2.20 bits per heavy atom. The average molecular weight is 205 g/mol. The third-order valence-corrected chi connectivity index (χ3v) is 2.40. The van der Waals surface area contributed by atoms with Crippen LogP contribution in [0.1, 0.15) is 11.3 Å². The van der Waals surface area contributed by atoms with Crippen molar-refractivity contribution < 1.29 is 4.39 Å². The van der Waals surface area contributed by atoms with Gasteiger partial charge < -0.3 is 5.73 Å². The van der Waals surface area contributed by atoms with Crippen LogP contribution in [0.4, 0.5) is 10.1 Å². The average Bonchev–Trinajstić information content (AvgIpc) is 2.58. The molecule has 1 heterocycles. The van der Waals surface area contributed by atoms with Crippen LogP contribution < -0.4 is 5.73 Å². The van der Waals surface area contributed by atoms with Crippen LogP contribution in [0.15, 0.2) is 30.5 Å². The molecule has 1 aromatic carbocycles. The van der Waals surface area contributed by atoms with Crippen LogP contribution in [-0.4, -0.2) is 9.78 Å². The summed E-state index contributed by atoms with van der Waals surface area (Å²) in [7, 11) is 1.85. The molecule has 2 rings (SSSR count). The lowest BCUT2D eigenvalue weighted by Gasteiger charge is -2.05. The Morgan fingerprint density at radius 1 is 1.40 bits per heavy atom. The second kappa shape index (κ2) is 3.73. The number of nitrogens with two attached hydrogens (primary N) is 1. The summed E-state index contributed by atoms with van der Waals surface area (Å²) >= 11 is 0. The molecule has 0 aliphatic rings. The largest absolute Gasteiger partial charge is 0.398 e. The van der Waals surface area contributed by atoms with E-state index in [1.54, 1.807) is 16.9 Å². The number of hydrogen-bond acceptors (Lipinski definition) is 2. The Balaban J connectivity index is 2.32. The van der Waals surface area contributed by atoms with Crippen LogP contribution in [0, 0.1) is 5.82 Å². The van der Waals surface area contributed by atoms with E-state index in [1.807, 2.05) is 13.1 Å². The summed E-state index contributed by atoms with van der Waals surface area (Å²) in [6.45, 7) is 0. The molecule has 0 atom stereocenters. The van der Waals surface area contributed by atoms with Gasteiger partial charge in [0.1, 0.15) is 5.82 Å². The van der Waals surface area contributed by atoms with Gasteiger partial charge in [-0.2, -0.15) is 5.10 Å². The van der Waals surface area contributed by atoms with E-state index in [4.69, 9.17) is 5.73 Å². The molecule has 0 radical (unpaired) electrons. The molecular weight excluding hydrogens is 193 g/mol. The number of hydrogen-bond donors (Lipinski definition) is 1. The van der Waals surface area contributed by atoms with Crippen molar-refractivity contribution in [2.75, 3.05) is 5.73 Å². The predicted octanol–water partition coefficient (Wildman–Crippen LogP) is 1.73. The second-order valence-electron chi connectivity index (χ2n) is 3.47. The summed E-state index contributed by atoms with van der Waals surface area (Å²) in [4.78, 5) is 0. The van der Waals surface area contributed by atoms with Crippen LogP contribution in [-0.2, 0) is 13.5 Å². The van der Waals surface area contributed by atoms with Gasteiger partial charge in [0, 0.05) is 31.0 Å². The summed E-state index contributed by atoms with van der Waals surface area (Å²) in [6, 6.07) is 6.30. The molecule has 0 unspecified atom stereocenters. The van der Waals surface area contributed by atoms with Crippen molar-refractivity contribution in [3.8, 4) is 0 Å². The molecule has 0 saturated carbocycles. The zero-order chi connectivity index (χ0) is 10.8. The minimum atomic E-state index is -0.263. The smallest absolute Gasteiger partial charge is 0.123 e. The van der Waals surface area contributed by atoms with E-state index < -0.39 is 0 Å². The van der Waals surface area contributed by atoms with Gasteiger partial charge in [-0.25, -0.2) is 4.39 Å². The summed E-state index contributed by atoms with van der Waals surface area (Å²) in [5.41, 5.74) is 8.17. The first-order valence-electron chi connectivity index (χ1n) is 4.67. The fourth-order valence-electron chi connectivity index (χ4n) is 1.50. The zero-order valence-corrected chi connectivity index (χ0v) is 8.44. The molecule has 0 saturated heterocycles. The Bertz CT molecular complexity index is 476. The van der Waals surface area contributed by atoms with Crippen molar-refractivity contribution in [3.05, 3.63) is 47.5 Å². The molecule has 2 N–H and O–H groups in total. The van der Waals surface area contributed by atoms with Crippen molar-refractivity contribution >= 4 is 5.69 Å². The van der Waals surface area contributed by atoms with E-state index in [0.717, 1.165) is 11.3 Å². The fraction of sp³-hybridized carbons (Fsp3) is 0.182. The zero-order valence-electron chi connectivity index (χ0n) is 8.44. The van der Waals surface area contributed by atoms with E-state index in [2.05, 4.69) is 5.10 Å². The maximum atomic E-state index is 13.0. The summed E-state index contributed by atoms with van der Waals surface area (Å²) < 4.78 is 14.8. The highest BCUT2D eigenvalue weighted by Crippen LogP contribution is 2.17. The first-order valence-corrected chi connectivity index (χ1v) is 4.67. The molecule has 0 aliphatic carbocycles. The van der Waals surface area contributed by atoms with Gasteiger partial charge in [0.15, 0.2) is 0 Å². The fourth-order valence-corrected chi connectivity index (χ4v) is 1.50. The molecule has 2 aromatic rings. The number of nitrogen functional groups attached to an aromatic ring is 1. The highest BCUT2D eigenvalue weighted by molar-refractivity contribution is 5.48. The molecule has 0 aliphatic heterocycles. The number of rotatable bonds is 2. The standard InChI is InChI=1S/C11H12FN3/c1-15-10(4-5-14-15)7-8-6-9(12)2-3-11(8)13/h2-6H,7,13H2,1H3. The van der Waals surface area contributed by atoms with E-state index >= 15 is 0 Å².